The fourth-order valence-electron chi connectivity index (χ4n) is 2.17. The summed E-state index contributed by atoms with van der Waals surface area (Å²) in [5, 5.41) is 1.02. The fourth-order valence-corrected chi connectivity index (χ4v) is 2.17. The van der Waals surface area contributed by atoms with Gasteiger partial charge in [0.05, 0.1) is 17.8 Å². The maximum atomic E-state index is 11.8. The van der Waals surface area contributed by atoms with Crippen LogP contribution in [0.25, 0.3) is 10.9 Å². The van der Waals surface area contributed by atoms with Gasteiger partial charge < -0.3 is 14.2 Å². The Morgan fingerprint density at radius 3 is 2.82 bits per heavy atom. The van der Waals surface area contributed by atoms with E-state index in [2.05, 4.69) is 9.72 Å². The van der Waals surface area contributed by atoms with Crippen LogP contribution in [0.1, 0.15) is 18.7 Å². The molecule has 114 valence electrons. The van der Waals surface area contributed by atoms with E-state index in [1.54, 1.807) is 6.92 Å². The highest BCUT2D eigenvalue weighted by atomic mass is 16.6. The number of hydrogen-bond donors (Lipinski definition) is 0. The number of carbonyl (C=O) groups excluding carboxylic acids is 2. The van der Waals surface area contributed by atoms with Gasteiger partial charge in [-0.3, -0.25) is 0 Å². The van der Waals surface area contributed by atoms with Gasteiger partial charge in [-0.15, -0.1) is 0 Å². The van der Waals surface area contributed by atoms with Crippen LogP contribution < -0.4 is 0 Å². The number of esters is 2. The van der Waals surface area contributed by atoms with Crippen molar-refractivity contribution in [2.45, 2.75) is 19.1 Å². The first kappa shape index (κ1) is 14.5. The molecule has 2 heterocycles. The zero-order valence-corrected chi connectivity index (χ0v) is 12.0. The third-order valence-corrected chi connectivity index (χ3v) is 3.27. The van der Waals surface area contributed by atoms with E-state index in [9.17, 15) is 9.59 Å². The minimum atomic E-state index is -0.705. The number of rotatable bonds is 5. The van der Waals surface area contributed by atoms with E-state index in [0.717, 1.165) is 10.9 Å². The Balaban J connectivity index is 1.60. The Morgan fingerprint density at radius 1 is 1.18 bits per heavy atom. The lowest BCUT2D eigenvalue weighted by Crippen LogP contribution is -2.19. The number of nitrogens with zero attached hydrogens (tertiary/aromatic N) is 1. The average molecular weight is 301 g/mol. The summed E-state index contributed by atoms with van der Waals surface area (Å²) < 4.78 is 14.9. The van der Waals surface area contributed by atoms with Crippen LogP contribution in [0.15, 0.2) is 36.4 Å². The molecule has 0 aliphatic carbocycles. The van der Waals surface area contributed by atoms with Gasteiger partial charge in [-0.05, 0) is 19.1 Å². The molecule has 2 atom stereocenters. The van der Waals surface area contributed by atoms with Crippen LogP contribution in [0, 0.1) is 0 Å². The topological polar surface area (TPSA) is 78.0 Å². The SMILES string of the molecule is CCOC(=O)COC(=O)[C@H]1O[C@@H]1c1ccc2ccccc2n1. The number of ether oxygens (including phenoxy) is 3. The van der Waals surface area contributed by atoms with Crippen molar-refractivity contribution in [2.75, 3.05) is 13.2 Å². The maximum absolute atomic E-state index is 11.8. The molecule has 6 nitrogen and oxygen atoms in total. The Hall–Kier alpha value is -2.47. The molecule has 22 heavy (non-hydrogen) atoms. The van der Waals surface area contributed by atoms with E-state index in [-0.39, 0.29) is 6.61 Å². The number of pyridine rings is 1. The number of para-hydroxylation sites is 1. The second-order valence-corrected chi connectivity index (χ2v) is 4.82. The maximum Gasteiger partial charge on any atom is 0.344 e. The van der Waals surface area contributed by atoms with E-state index >= 15 is 0 Å². The molecule has 0 unspecified atom stereocenters. The molecule has 2 aromatic rings. The van der Waals surface area contributed by atoms with E-state index in [0.29, 0.717) is 5.69 Å². The highest BCUT2D eigenvalue weighted by molar-refractivity contribution is 5.82. The molecular weight excluding hydrogens is 286 g/mol. The summed E-state index contributed by atoms with van der Waals surface area (Å²) in [4.78, 5) is 27.4. The van der Waals surface area contributed by atoms with Crippen molar-refractivity contribution in [3.63, 3.8) is 0 Å². The van der Waals surface area contributed by atoms with Gasteiger partial charge in [-0.2, -0.15) is 0 Å². The van der Waals surface area contributed by atoms with Gasteiger partial charge in [0.1, 0.15) is 6.10 Å². The summed E-state index contributed by atoms with van der Waals surface area (Å²) in [5.74, 6) is -1.15. The fraction of sp³-hybridized carbons (Fsp3) is 0.312. The van der Waals surface area contributed by atoms with Gasteiger partial charge in [0.2, 0.25) is 0 Å². The van der Waals surface area contributed by atoms with Crippen molar-refractivity contribution in [1.29, 1.82) is 0 Å². The van der Waals surface area contributed by atoms with Crippen molar-refractivity contribution >= 4 is 22.8 Å². The van der Waals surface area contributed by atoms with Crippen LogP contribution in [0.4, 0.5) is 0 Å². The van der Waals surface area contributed by atoms with Crippen molar-refractivity contribution in [3.05, 3.63) is 42.1 Å². The molecule has 1 aliphatic heterocycles. The molecule has 1 fully saturated rings. The van der Waals surface area contributed by atoms with Crippen LogP contribution in [0.3, 0.4) is 0 Å². The number of hydrogen-bond acceptors (Lipinski definition) is 6. The summed E-state index contributed by atoms with van der Waals surface area (Å²) >= 11 is 0. The summed E-state index contributed by atoms with van der Waals surface area (Å²) in [7, 11) is 0. The van der Waals surface area contributed by atoms with Gasteiger partial charge in [0, 0.05) is 5.39 Å². The molecule has 1 aliphatic rings. The predicted octanol–water partition coefficient (Wildman–Crippen LogP) is 1.78. The van der Waals surface area contributed by atoms with Crippen molar-refractivity contribution < 1.29 is 23.8 Å². The quantitative estimate of drug-likeness (QED) is 0.619. The van der Waals surface area contributed by atoms with Crippen LogP contribution in [-0.2, 0) is 23.8 Å². The van der Waals surface area contributed by atoms with E-state index in [4.69, 9.17) is 9.47 Å². The average Bonchev–Trinajstić information content (AvgIpc) is 3.33. The lowest BCUT2D eigenvalue weighted by Gasteiger charge is -2.02. The summed E-state index contributed by atoms with van der Waals surface area (Å²) in [6, 6.07) is 11.5. The molecule has 1 saturated heterocycles. The molecule has 6 heteroatoms. The monoisotopic (exact) mass is 301 g/mol. The standard InChI is InChI=1S/C16H15NO5/c1-2-20-13(18)9-21-16(19)15-14(22-15)12-8-7-10-5-3-4-6-11(10)17-12/h3-8,14-15H,2,9H2,1H3/t14-,15+/m1/s1. The second-order valence-electron chi connectivity index (χ2n) is 4.82. The van der Waals surface area contributed by atoms with Crippen LogP contribution in [0.2, 0.25) is 0 Å². The normalized spacial score (nSPS) is 19.7. The molecule has 0 saturated carbocycles. The van der Waals surface area contributed by atoms with Crippen LogP contribution in [-0.4, -0.2) is 36.2 Å². The van der Waals surface area contributed by atoms with Gasteiger partial charge in [-0.25, -0.2) is 14.6 Å². The minimum absolute atomic E-state index is 0.250. The smallest absolute Gasteiger partial charge is 0.344 e. The molecule has 0 radical (unpaired) electrons. The Bertz CT molecular complexity index is 715. The molecule has 0 N–H and O–H groups in total. The molecule has 0 bridgehead atoms. The molecule has 0 spiro atoms. The van der Waals surface area contributed by atoms with Crippen molar-refractivity contribution in [3.8, 4) is 0 Å². The molecule has 1 aromatic heterocycles. The zero-order chi connectivity index (χ0) is 15.5. The lowest BCUT2D eigenvalue weighted by molar-refractivity contribution is -0.159. The van der Waals surface area contributed by atoms with Gasteiger partial charge in [0.15, 0.2) is 12.7 Å². The second kappa shape index (κ2) is 6.11. The minimum Gasteiger partial charge on any atom is -0.463 e. The van der Waals surface area contributed by atoms with Crippen LogP contribution >= 0.6 is 0 Å². The highest BCUT2D eigenvalue weighted by Gasteiger charge is 2.48. The Morgan fingerprint density at radius 2 is 2.00 bits per heavy atom. The summed E-state index contributed by atoms with van der Waals surface area (Å²) in [5.41, 5.74) is 1.52. The first-order valence-electron chi connectivity index (χ1n) is 7.02. The summed E-state index contributed by atoms with van der Waals surface area (Å²) in [6.45, 7) is 1.54. The van der Waals surface area contributed by atoms with Gasteiger partial charge in [-0.1, -0.05) is 24.3 Å². The number of carbonyl (C=O) groups is 2. The number of aromatic nitrogens is 1. The first-order valence-corrected chi connectivity index (χ1v) is 7.02. The predicted molar refractivity (Wildman–Crippen MR) is 76.9 cm³/mol. The Labute approximate surface area is 127 Å². The van der Waals surface area contributed by atoms with E-state index in [1.807, 2.05) is 36.4 Å². The number of fused-ring (bicyclic) bond motifs is 1. The Kier molecular flexibility index (Phi) is 4.02. The number of epoxide rings is 1. The van der Waals surface area contributed by atoms with Gasteiger partial charge in [0.25, 0.3) is 0 Å². The molecular formula is C16H15NO5. The molecule has 1 aromatic carbocycles. The summed E-state index contributed by atoms with van der Waals surface area (Å²) in [6.07, 6.45) is -1.12. The van der Waals surface area contributed by atoms with Crippen molar-refractivity contribution in [1.82, 2.24) is 4.98 Å². The zero-order valence-electron chi connectivity index (χ0n) is 12.0. The number of benzene rings is 1. The molecule has 3 rings (SSSR count). The largest absolute Gasteiger partial charge is 0.463 e. The van der Waals surface area contributed by atoms with Crippen molar-refractivity contribution in [2.24, 2.45) is 0 Å². The highest BCUT2D eigenvalue weighted by Crippen LogP contribution is 2.38. The lowest BCUT2D eigenvalue weighted by atomic mass is 10.1. The third-order valence-electron chi connectivity index (χ3n) is 3.27. The van der Waals surface area contributed by atoms with Gasteiger partial charge >= 0.3 is 11.9 Å². The molecule has 0 amide bonds. The third kappa shape index (κ3) is 3.07. The van der Waals surface area contributed by atoms with E-state index in [1.165, 1.54) is 0 Å². The van der Waals surface area contributed by atoms with Crippen LogP contribution in [0.5, 0.6) is 0 Å². The first-order chi connectivity index (χ1) is 10.7. The van der Waals surface area contributed by atoms with E-state index < -0.39 is 30.8 Å².